The molecule has 0 atom stereocenters. The number of rotatable bonds is 6. The molecule has 0 amide bonds. The fourth-order valence-corrected chi connectivity index (χ4v) is 4.15. The standard InChI is InChI=1S/C19H17N7O5S2/c20-32(28,29)13-5-1-3-11(7-13)24-16-9-15-17(19(27)23-10-22-15)18(26-16)25-12-4-2-6-14(8-12)33(21,30)31/h1-10H,(H2,20,28,29)(H2,21,30,31)(H,22,23,27)(H2,24,25,26). The Balaban J connectivity index is 1.80. The van der Waals surface area contributed by atoms with Gasteiger partial charge in [-0.25, -0.2) is 37.1 Å². The lowest BCUT2D eigenvalue weighted by Gasteiger charge is -2.13. The van der Waals surface area contributed by atoms with Crippen LogP contribution in [0.1, 0.15) is 0 Å². The maximum atomic E-state index is 12.4. The van der Waals surface area contributed by atoms with Gasteiger partial charge in [0.2, 0.25) is 20.0 Å². The molecule has 0 aliphatic heterocycles. The van der Waals surface area contributed by atoms with E-state index in [9.17, 15) is 21.6 Å². The van der Waals surface area contributed by atoms with E-state index < -0.39 is 25.6 Å². The van der Waals surface area contributed by atoms with Crippen molar-refractivity contribution in [1.29, 1.82) is 0 Å². The number of sulfonamides is 2. The van der Waals surface area contributed by atoms with Crippen LogP contribution in [0.25, 0.3) is 10.9 Å². The number of hydrogen-bond donors (Lipinski definition) is 5. The van der Waals surface area contributed by atoms with E-state index in [1.807, 2.05) is 0 Å². The smallest absolute Gasteiger partial charge is 0.262 e. The highest BCUT2D eigenvalue weighted by atomic mass is 32.2. The van der Waals surface area contributed by atoms with Gasteiger partial charge in [0.15, 0.2) is 0 Å². The van der Waals surface area contributed by atoms with Crippen molar-refractivity contribution in [2.24, 2.45) is 10.3 Å². The van der Waals surface area contributed by atoms with Crippen molar-refractivity contribution in [3.05, 3.63) is 71.3 Å². The van der Waals surface area contributed by atoms with Gasteiger partial charge >= 0.3 is 0 Å². The van der Waals surface area contributed by atoms with Crippen molar-refractivity contribution < 1.29 is 16.8 Å². The first-order valence-corrected chi connectivity index (χ1v) is 12.3. The average molecular weight is 488 g/mol. The summed E-state index contributed by atoms with van der Waals surface area (Å²) in [6, 6.07) is 13.0. The van der Waals surface area contributed by atoms with Gasteiger partial charge in [0.1, 0.15) is 17.0 Å². The second-order valence-electron chi connectivity index (χ2n) is 6.88. The van der Waals surface area contributed by atoms with Gasteiger partial charge in [-0.3, -0.25) is 4.79 Å². The fraction of sp³-hybridized carbons (Fsp3) is 0. The van der Waals surface area contributed by atoms with Gasteiger partial charge in [0.25, 0.3) is 5.56 Å². The normalized spacial score (nSPS) is 11.9. The van der Waals surface area contributed by atoms with Gasteiger partial charge in [0.05, 0.1) is 21.6 Å². The van der Waals surface area contributed by atoms with Crippen molar-refractivity contribution in [3.63, 3.8) is 0 Å². The molecule has 2 aromatic carbocycles. The number of benzene rings is 2. The van der Waals surface area contributed by atoms with Crippen LogP contribution in [0.15, 0.2) is 75.5 Å². The van der Waals surface area contributed by atoms with Gasteiger partial charge in [0, 0.05) is 17.4 Å². The number of nitrogens with zero attached hydrogens (tertiary/aromatic N) is 2. The molecule has 0 saturated heterocycles. The number of H-pyrrole nitrogens is 1. The molecule has 14 heteroatoms. The highest BCUT2D eigenvalue weighted by molar-refractivity contribution is 7.89. The molecule has 170 valence electrons. The van der Waals surface area contributed by atoms with E-state index in [1.165, 1.54) is 48.8 Å². The zero-order valence-electron chi connectivity index (χ0n) is 16.7. The third-order valence-corrected chi connectivity index (χ3v) is 6.31. The second-order valence-corrected chi connectivity index (χ2v) is 10.0. The highest BCUT2D eigenvalue weighted by Gasteiger charge is 2.14. The van der Waals surface area contributed by atoms with Crippen molar-refractivity contribution in [3.8, 4) is 0 Å². The second kappa shape index (κ2) is 8.25. The summed E-state index contributed by atoms with van der Waals surface area (Å²) in [5, 5.41) is 16.4. The fourth-order valence-electron chi connectivity index (χ4n) is 3.03. The van der Waals surface area contributed by atoms with Crippen molar-refractivity contribution in [2.75, 3.05) is 10.6 Å². The van der Waals surface area contributed by atoms with Crippen LogP contribution < -0.4 is 26.5 Å². The molecule has 4 aromatic rings. The Morgan fingerprint density at radius 1 is 0.818 bits per heavy atom. The number of anilines is 4. The summed E-state index contributed by atoms with van der Waals surface area (Å²) < 4.78 is 46.6. The molecule has 0 saturated carbocycles. The molecule has 2 heterocycles. The Morgan fingerprint density at radius 2 is 1.39 bits per heavy atom. The molecule has 0 aliphatic rings. The van der Waals surface area contributed by atoms with Crippen LogP contribution >= 0.6 is 0 Å². The maximum absolute atomic E-state index is 12.4. The lowest BCUT2D eigenvalue weighted by atomic mass is 10.2. The van der Waals surface area contributed by atoms with Crippen LogP contribution in [0, 0.1) is 0 Å². The molecule has 0 aliphatic carbocycles. The van der Waals surface area contributed by atoms with E-state index in [0.29, 0.717) is 11.4 Å². The minimum Gasteiger partial charge on any atom is -0.340 e. The van der Waals surface area contributed by atoms with E-state index in [4.69, 9.17) is 10.3 Å². The van der Waals surface area contributed by atoms with Gasteiger partial charge in [-0.1, -0.05) is 12.1 Å². The lowest BCUT2D eigenvalue weighted by molar-refractivity contribution is 0.596. The van der Waals surface area contributed by atoms with E-state index >= 15 is 0 Å². The molecule has 0 spiro atoms. The van der Waals surface area contributed by atoms with Crippen LogP contribution in [0.4, 0.5) is 23.0 Å². The summed E-state index contributed by atoms with van der Waals surface area (Å²) in [4.78, 5) is 23.2. The number of hydrogen-bond acceptors (Lipinski definition) is 9. The summed E-state index contributed by atoms with van der Waals surface area (Å²) in [6.07, 6.45) is 1.22. The summed E-state index contributed by atoms with van der Waals surface area (Å²) in [5.41, 5.74) is 0.497. The zero-order chi connectivity index (χ0) is 23.8. The van der Waals surface area contributed by atoms with Crippen LogP contribution in [0.5, 0.6) is 0 Å². The Bertz CT molecular complexity index is 1650. The average Bonchev–Trinajstić information content (AvgIpc) is 2.73. The first-order chi connectivity index (χ1) is 15.5. The Kier molecular flexibility index (Phi) is 5.59. The van der Waals surface area contributed by atoms with E-state index in [1.54, 1.807) is 12.1 Å². The lowest BCUT2D eigenvalue weighted by Crippen LogP contribution is -2.13. The number of aromatic amines is 1. The topological polar surface area (TPSA) is 203 Å². The van der Waals surface area contributed by atoms with Gasteiger partial charge in [-0.15, -0.1) is 0 Å². The molecule has 7 N–H and O–H groups in total. The minimum atomic E-state index is -3.95. The monoisotopic (exact) mass is 487 g/mol. The highest BCUT2D eigenvalue weighted by Crippen LogP contribution is 2.27. The first-order valence-electron chi connectivity index (χ1n) is 9.19. The number of nitrogens with two attached hydrogens (primary N) is 2. The number of nitrogens with one attached hydrogen (secondary N) is 3. The van der Waals surface area contributed by atoms with Crippen LogP contribution in [0.2, 0.25) is 0 Å². The largest absolute Gasteiger partial charge is 0.340 e. The van der Waals surface area contributed by atoms with Crippen LogP contribution in [-0.4, -0.2) is 31.8 Å². The summed E-state index contributed by atoms with van der Waals surface area (Å²) in [6.45, 7) is 0. The van der Waals surface area contributed by atoms with Crippen molar-refractivity contribution in [1.82, 2.24) is 15.0 Å². The summed E-state index contributed by atoms with van der Waals surface area (Å²) in [5.74, 6) is 0.316. The Hall–Kier alpha value is -3.85. The third kappa shape index (κ3) is 4.98. The SMILES string of the molecule is NS(=O)(=O)c1cccc(Nc2cc3nc[nH]c(=O)c3c(Nc3cccc(S(N)(=O)=O)c3)n2)c1. The molecular weight excluding hydrogens is 470 g/mol. The van der Waals surface area contributed by atoms with E-state index in [-0.39, 0.29) is 32.3 Å². The van der Waals surface area contributed by atoms with Crippen LogP contribution in [-0.2, 0) is 20.0 Å². The molecule has 2 aromatic heterocycles. The molecular formula is C19H17N7O5S2. The first kappa shape index (κ1) is 22.3. The van der Waals surface area contributed by atoms with E-state index in [2.05, 4.69) is 25.6 Å². The van der Waals surface area contributed by atoms with Crippen molar-refractivity contribution in [2.45, 2.75) is 9.79 Å². The molecule has 12 nitrogen and oxygen atoms in total. The zero-order valence-corrected chi connectivity index (χ0v) is 18.3. The Morgan fingerprint density at radius 3 is 1.97 bits per heavy atom. The number of primary sulfonamides is 2. The summed E-state index contributed by atoms with van der Waals surface area (Å²) in [7, 11) is -7.86. The predicted molar refractivity (Wildman–Crippen MR) is 122 cm³/mol. The van der Waals surface area contributed by atoms with Gasteiger partial charge in [-0.2, -0.15) is 0 Å². The van der Waals surface area contributed by atoms with E-state index in [0.717, 1.165) is 0 Å². The predicted octanol–water partition coefficient (Wildman–Crippen LogP) is 1.10. The maximum Gasteiger partial charge on any atom is 0.262 e. The number of fused-ring (bicyclic) bond motifs is 1. The van der Waals surface area contributed by atoms with Crippen molar-refractivity contribution >= 4 is 54.0 Å². The number of aromatic nitrogens is 3. The van der Waals surface area contributed by atoms with Gasteiger partial charge < -0.3 is 15.6 Å². The quantitative estimate of drug-likeness (QED) is 0.264. The Labute approximate surface area is 187 Å². The molecule has 33 heavy (non-hydrogen) atoms. The molecule has 4 rings (SSSR count). The molecule has 0 bridgehead atoms. The van der Waals surface area contributed by atoms with Crippen LogP contribution in [0.3, 0.4) is 0 Å². The molecule has 0 radical (unpaired) electrons. The van der Waals surface area contributed by atoms with Gasteiger partial charge in [-0.05, 0) is 36.4 Å². The third-order valence-electron chi connectivity index (χ3n) is 4.49. The molecule has 0 unspecified atom stereocenters. The summed E-state index contributed by atoms with van der Waals surface area (Å²) >= 11 is 0. The molecule has 0 fully saturated rings. The minimum absolute atomic E-state index is 0.0820. The number of pyridine rings is 1.